The summed E-state index contributed by atoms with van der Waals surface area (Å²) >= 11 is 2.96. The van der Waals surface area contributed by atoms with Crippen molar-refractivity contribution in [2.45, 2.75) is 46.1 Å². The molecule has 0 saturated heterocycles. The highest BCUT2D eigenvalue weighted by atomic mass is 32.1. The lowest BCUT2D eigenvalue weighted by Gasteiger charge is -2.09. The highest BCUT2D eigenvalue weighted by molar-refractivity contribution is 7.19. The van der Waals surface area contributed by atoms with Crippen molar-refractivity contribution in [1.29, 1.82) is 5.26 Å². The fourth-order valence-corrected chi connectivity index (χ4v) is 6.67. The zero-order valence-corrected chi connectivity index (χ0v) is 20.0. The molecule has 0 atom stereocenters. The summed E-state index contributed by atoms with van der Waals surface area (Å²) in [5.41, 5.74) is 4.39. The lowest BCUT2D eigenvalue weighted by Crippen LogP contribution is -2.27. The minimum Gasteiger partial charge on any atom is -0.315 e. The van der Waals surface area contributed by atoms with Crippen molar-refractivity contribution in [2.75, 3.05) is 5.32 Å². The molecule has 3 heterocycles. The van der Waals surface area contributed by atoms with Crippen molar-refractivity contribution >= 4 is 43.8 Å². The number of thiophene rings is 2. The monoisotopic (exact) mass is 474 g/mol. The number of nitriles is 1. The lowest BCUT2D eigenvalue weighted by molar-refractivity contribution is -0.116. The maximum absolute atomic E-state index is 13.4. The Labute approximate surface area is 199 Å². The molecule has 3 aromatic heterocycles. The molecule has 166 valence electrons. The Morgan fingerprint density at radius 3 is 2.70 bits per heavy atom. The van der Waals surface area contributed by atoms with Crippen LogP contribution in [0.4, 0.5) is 5.00 Å². The topological polar surface area (TPSA) is 87.8 Å². The molecule has 1 aliphatic carbocycles. The van der Waals surface area contributed by atoms with Gasteiger partial charge in [0.15, 0.2) is 0 Å². The third-order valence-electron chi connectivity index (χ3n) is 6.05. The first-order valence-electron chi connectivity index (χ1n) is 10.9. The molecule has 8 heteroatoms. The van der Waals surface area contributed by atoms with Crippen LogP contribution in [-0.4, -0.2) is 15.5 Å². The Kier molecular flexibility index (Phi) is 5.60. The lowest BCUT2D eigenvalue weighted by atomic mass is 9.96. The van der Waals surface area contributed by atoms with E-state index in [4.69, 9.17) is 0 Å². The fraction of sp³-hybridized carbons (Fsp3) is 0.280. The van der Waals surface area contributed by atoms with Gasteiger partial charge in [0, 0.05) is 15.3 Å². The van der Waals surface area contributed by atoms with Gasteiger partial charge in [-0.15, -0.1) is 22.7 Å². The molecule has 5 rings (SSSR count). The van der Waals surface area contributed by atoms with Crippen LogP contribution in [0.15, 0.2) is 35.4 Å². The molecule has 1 N–H and O–H groups in total. The van der Waals surface area contributed by atoms with Gasteiger partial charge in [0.2, 0.25) is 5.91 Å². The van der Waals surface area contributed by atoms with Crippen LogP contribution in [0.25, 0.3) is 21.3 Å². The zero-order chi connectivity index (χ0) is 23.1. The van der Waals surface area contributed by atoms with E-state index >= 15 is 0 Å². The summed E-state index contributed by atoms with van der Waals surface area (Å²) in [6.07, 6.45) is 5.43. The van der Waals surface area contributed by atoms with Crippen LogP contribution in [0.5, 0.6) is 0 Å². The van der Waals surface area contributed by atoms with Crippen molar-refractivity contribution < 1.29 is 4.79 Å². The maximum Gasteiger partial charge on any atom is 0.263 e. The van der Waals surface area contributed by atoms with Crippen LogP contribution in [0.1, 0.15) is 39.3 Å². The first-order valence-corrected chi connectivity index (χ1v) is 12.5. The average Bonchev–Trinajstić information content (AvgIpc) is 3.33. The minimum absolute atomic E-state index is 0.155. The van der Waals surface area contributed by atoms with E-state index in [1.165, 1.54) is 38.4 Å². The number of carbonyl (C=O) groups excluding carboxylic acids is 1. The average molecular weight is 475 g/mol. The number of anilines is 1. The summed E-state index contributed by atoms with van der Waals surface area (Å²) in [6.45, 7) is 3.86. The molecule has 6 nitrogen and oxygen atoms in total. The van der Waals surface area contributed by atoms with E-state index in [0.717, 1.165) is 52.8 Å². The quantitative estimate of drug-likeness (QED) is 0.441. The number of aromatic nitrogens is 2. The van der Waals surface area contributed by atoms with E-state index in [0.29, 0.717) is 20.8 Å². The second-order valence-corrected chi connectivity index (χ2v) is 10.6. The number of rotatable bonds is 4. The Morgan fingerprint density at radius 1 is 1.18 bits per heavy atom. The van der Waals surface area contributed by atoms with Gasteiger partial charge in [-0.25, -0.2) is 4.98 Å². The second kappa shape index (κ2) is 8.58. The smallest absolute Gasteiger partial charge is 0.263 e. The van der Waals surface area contributed by atoms with Gasteiger partial charge < -0.3 is 5.32 Å². The van der Waals surface area contributed by atoms with Gasteiger partial charge in [-0.3, -0.25) is 14.2 Å². The summed E-state index contributed by atoms with van der Waals surface area (Å²) in [5, 5.41) is 13.6. The number of hydrogen-bond acceptors (Lipinski definition) is 6. The molecule has 33 heavy (non-hydrogen) atoms. The first-order chi connectivity index (χ1) is 16.0. The number of fused-ring (bicyclic) bond motifs is 2. The Balaban J connectivity index is 1.47. The summed E-state index contributed by atoms with van der Waals surface area (Å²) in [6, 6.07) is 10.3. The van der Waals surface area contributed by atoms with E-state index in [9.17, 15) is 14.9 Å². The number of hydrogen-bond donors (Lipinski definition) is 1. The Morgan fingerprint density at radius 2 is 1.94 bits per heavy atom. The van der Waals surface area contributed by atoms with Crippen LogP contribution in [0.3, 0.4) is 0 Å². The minimum atomic E-state index is -0.336. The highest BCUT2D eigenvalue weighted by Gasteiger charge is 2.22. The zero-order valence-electron chi connectivity index (χ0n) is 18.4. The predicted octanol–water partition coefficient (Wildman–Crippen LogP) is 5.19. The third-order valence-corrected chi connectivity index (χ3v) is 8.27. The van der Waals surface area contributed by atoms with E-state index in [1.807, 2.05) is 38.1 Å². The molecular weight excluding hydrogens is 452 g/mol. The van der Waals surface area contributed by atoms with Crippen LogP contribution < -0.4 is 10.9 Å². The molecule has 1 aliphatic rings. The molecular formula is C25H22N4O2S2. The maximum atomic E-state index is 13.4. The van der Waals surface area contributed by atoms with Gasteiger partial charge in [0.05, 0.1) is 17.3 Å². The molecule has 1 aromatic carbocycles. The second-order valence-electron chi connectivity index (χ2n) is 8.33. The number of aryl methyl sites for hydroxylation is 3. The van der Waals surface area contributed by atoms with Gasteiger partial charge >= 0.3 is 0 Å². The van der Waals surface area contributed by atoms with E-state index in [1.54, 1.807) is 0 Å². The van der Waals surface area contributed by atoms with Crippen LogP contribution in [0, 0.1) is 25.2 Å². The van der Waals surface area contributed by atoms with Crippen LogP contribution in [0.2, 0.25) is 0 Å². The predicted molar refractivity (Wildman–Crippen MR) is 133 cm³/mol. The van der Waals surface area contributed by atoms with Crippen molar-refractivity contribution in [3.63, 3.8) is 0 Å². The molecule has 0 aliphatic heterocycles. The molecule has 0 fully saturated rings. The highest BCUT2D eigenvalue weighted by Crippen LogP contribution is 2.38. The van der Waals surface area contributed by atoms with Gasteiger partial charge in [0.25, 0.3) is 5.56 Å². The number of nitrogens with zero attached hydrogens (tertiary/aromatic N) is 3. The molecule has 4 aromatic rings. The van der Waals surface area contributed by atoms with Crippen molar-refractivity contribution in [3.8, 4) is 17.2 Å². The SMILES string of the molecule is Cc1ccc(-c2c(C)sc3ncn(CC(=O)Nc4sc5c(c4C#N)CCCC5)c(=O)c23)cc1. The first kappa shape index (κ1) is 21.6. The summed E-state index contributed by atoms with van der Waals surface area (Å²) in [4.78, 5) is 33.6. The van der Waals surface area contributed by atoms with Gasteiger partial charge in [-0.1, -0.05) is 29.8 Å². The van der Waals surface area contributed by atoms with Gasteiger partial charge in [0.1, 0.15) is 22.4 Å². The summed E-state index contributed by atoms with van der Waals surface area (Å²) in [5.74, 6) is -0.336. The van der Waals surface area contributed by atoms with Crippen molar-refractivity contribution in [2.24, 2.45) is 0 Å². The standard InChI is InChI=1S/C25H22N4O2S2/c1-14-7-9-16(10-8-14)21-15(2)32-24-22(21)25(31)29(13-27-24)12-20(30)28-23-18(11-26)17-5-3-4-6-19(17)33-23/h7-10,13H,3-6,12H2,1-2H3,(H,28,30). The summed E-state index contributed by atoms with van der Waals surface area (Å²) in [7, 11) is 0. The van der Waals surface area contributed by atoms with E-state index in [2.05, 4.69) is 16.4 Å². The molecule has 1 amide bonds. The third kappa shape index (κ3) is 3.88. The van der Waals surface area contributed by atoms with Crippen LogP contribution >= 0.6 is 22.7 Å². The molecule has 0 spiro atoms. The van der Waals surface area contributed by atoms with E-state index < -0.39 is 0 Å². The molecule has 0 saturated carbocycles. The fourth-order valence-electron chi connectivity index (χ4n) is 4.41. The van der Waals surface area contributed by atoms with E-state index in [-0.39, 0.29) is 18.0 Å². The van der Waals surface area contributed by atoms with Gasteiger partial charge in [-0.05, 0) is 50.7 Å². The molecule has 0 unspecified atom stereocenters. The molecule has 0 bridgehead atoms. The summed E-state index contributed by atoms with van der Waals surface area (Å²) < 4.78 is 1.35. The van der Waals surface area contributed by atoms with Crippen molar-refractivity contribution in [1.82, 2.24) is 9.55 Å². The number of carbonyl (C=O) groups is 1. The Hall–Kier alpha value is -3.28. The normalized spacial score (nSPS) is 13.0. The number of benzene rings is 1. The molecule has 0 radical (unpaired) electrons. The van der Waals surface area contributed by atoms with Crippen molar-refractivity contribution in [3.05, 3.63) is 67.4 Å². The number of nitrogens with one attached hydrogen (secondary N) is 1. The number of amides is 1. The van der Waals surface area contributed by atoms with Crippen LogP contribution in [-0.2, 0) is 24.2 Å². The van der Waals surface area contributed by atoms with Gasteiger partial charge in [-0.2, -0.15) is 5.26 Å². The largest absolute Gasteiger partial charge is 0.315 e. The Bertz CT molecular complexity index is 1490.